The second kappa shape index (κ2) is 15.2. The number of pyridine rings is 3. The van der Waals surface area contributed by atoms with Crippen LogP contribution < -0.4 is 10.3 Å². The van der Waals surface area contributed by atoms with Crippen molar-refractivity contribution in [1.82, 2.24) is 14.4 Å². The molecule has 1 unspecified atom stereocenters. The van der Waals surface area contributed by atoms with E-state index in [-0.39, 0.29) is 11.3 Å². The van der Waals surface area contributed by atoms with Crippen molar-refractivity contribution in [2.45, 2.75) is 37.0 Å². The van der Waals surface area contributed by atoms with E-state index in [1.54, 1.807) is 0 Å². The van der Waals surface area contributed by atoms with Gasteiger partial charge in [-0.1, -0.05) is 184 Å². The van der Waals surface area contributed by atoms with Gasteiger partial charge < -0.3 is 0 Å². The topological polar surface area (TPSA) is 50.5 Å². The zero-order valence-corrected chi connectivity index (χ0v) is 38.8. The molecule has 0 N–H and O–H groups in total. The third kappa shape index (κ3) is 5.29. The molecule has 5 nitrogen and oxygen atoms in total. The van der Waals surface area contributed by atoms with Crippen molar-refractivity contribution in [3.8, 4) is 0 Å². The van der Waals surface area contributed by atoms with Crippen LogP contribution in [-0.2, 0) is 17.3 Å². The van der Waals surface area contributed by atoms with Crippen LogP contribution >= 0.6 is 0 Å². The van der Waals surface area contributed by atoms with Crippen LogP contribution in [0.3, 0.4) is 0 Å². The van der Waals surface area contributed by atoms with E-state index >= 15 is 0 Å². The number of hydrogen-bond donors (Lipinski definition) is 0. The van der Waals surface area contributed by atoms with Gasteiger partial charge in [0.25, 0.3) is 0 Å². The number of aromatic nitrogens is 3. The summed E-state index contributed by atoms with van der Waals surface area (Å²) in [6.07, 6.45) is 4.70. The summed E-state index contributed by atoms with van der Waals surface area (Å²) in [6.45, 7) is 4.57. The Morgan fingerprint density at radius 2 is 1.06 bits per heavy atom. The Labute approximate surface area is 406 Å². The molecule has 8 aromatic carbocycles. The lowest BCUT2D eigenvalue weighted by Gasteiger charge is -2.53. The molecule has 0 saturated carbocycles. The van der Waals surface area contributed by atoms with Crippen LogP contribution in [0, 0.1) is 0 Å². The fourth-order valence-electron chi connectivity index (χ4n) is 12.7. The fourth-order valence-corrected chi connectivity index (χ4v) is 12.7. The number of fused-ring (bicyclic) bond motifs is 9. The van der Waals surface area contributed by atoms with E-state index in [1.165, 1.54) is 50.1 Å². The molecule has 0 aliphatic carbocycles. The Morgan fingerprint density at radius 3 is 1.69 bits per heavy atom. The minimum Gasteiger partial charge on any atom is -0.294 e. The third-order valence-corrected chi connectivity index (χ3v) is 15.8. The number of anilines is 3. The molecule has 5 heteroatoms. The first-order valence-electron chi connectivity index (χ1n) is 24.4. The Morgan fingerprint density at radius 1 is 0.486 bits per heavy atom. The van der Waals surface area contributed by atoms with Gasteiger partial charge in [0.2, 0.25) is 0 Å². The van der Waals surface area contributed by atoms with Gasteiger partial charge in [0.15, 0.2) is 5.43 Å². The lowest BCUT2D eigenvalue weighted by molar-refractivity contribution is 0.679. The molecule has 0 fully saturated rings. The second-order valence-electron chi connectivity index (χ2n) is 19.1. The fraction of sp³-hybridized carbons (Fsp3) is 0.0923. The molecule has 12 aromatic rings. The van der Waals surface area contributed by atoms with E-state index < -0.39 is 10.8 Å². The molecule has 70 heavy (non-hydrogen) atoms. The molecule has 0 saturated heterocycles. The van der Waals surface area contributed by atoms with Crippen LogP contribution in [0.25, 0.3) is 38.2 Å². The van der Waals surface area contributed by atoms with E-state index in [2.05, 4.69) is 211 Å². The van der Waals surface area contributed by atoms with Crippen molar-refractivity contribution < 1.29 is 0 Å². The minimum absolute atomic E-state index is 0.0385. The minimum atomic E-state index is -0.783. The normalized spacial score (nSPS) is 14.7. The Balaban J connectivity index is 1.15. The van der Waals surface area contributed by atoms with E-state index in [4.69, 9.17) is 9.97 Å². The van der Waals surface area contributed by atoms with E-state index in [1.807, 2.05) is 36.7 Å². The lowest BCUT2D eigenvalue weighted by atomic mass is 9.57. The van der Waals surface area contributed by atoms with Gasteiger partial charge in [-0.15, -0.1) is 0 Å². The van der Waals surface area contributed by atoms with Crippen molar-refractivity contribution >= 4 is 55.4 Å². The highest BCUT2D eigenvalue weighted by atomic mass is 16.1. The number of para-hydroxylation sites is 1. The van der Waals surface area contributed by atoms with Gasteiger partial charge in [-0.05, 0) is 105 Å². The number of benzene rings is 8. The Hall–Kier alpha value is -8.67. The maximum Gasteiger partial charge on any atom is 0.197 e. The molecule has 0 radical (unpaired) electrons. The van der Waals surface area contributed by atoms with Gasteiger partial charge in [-0.2, -0.15) is 0 Å². The Bertz CT molecular complexity index is 4000. The molecular weight excluding hydrogens is 853 g/mol. The van der Waals surface area contributed by atoms with Gasteiger partial charge in [-0.25, -0.2) is 9.97 Å². The predicted molar refractivity (Wildman–Crippen MR) is 285 cm³/mol. The Kier molecular flexibility index (Phi) is 8.75. The number of aryl methyl sites for hydroxylation is 1. The van der Waals surface area contributed by atoms with Crippen molar-refractivity contribution in [3.63, 3.8) is 0 Å². The maximum atomic E-state index is 14.5. The monoisotopic (exact) mass is 898 g/mol. The molecule has 6 heterocycles. The average Bonchev–Trinajstić information content (AvgIpc) is 3.78. The van der Waals surface area contributed by atoms with Crippen molar-refractivity contribution in [1.29, 1.82) is 0 Å². The lowest BCUT2D eigenvalue weighted by Crippen LogP contribution is -2.44. The molecule has 332 valence electrons. The largest absolute Gasteiger partial charge is 0.294 e. The summed E-state index contributed by atoms with van der Waals surface area (Å²) in [5.41, 5.74) is 16.4. The SMILES string of the molecule is CCc1ccc2c(c1)N1c3ncccc3C(c3ccccc3)(c3ccccc3)c3cc(C(C)c4ccc5c(=O)c6cccc7c8cccnc8n(c5c4)c67)cc(c31)C2(c1ccccc1)c1ccccc1. The molecule has 0 amide bonds. The van der Waals surface area contributed by atoms with Crippen LogP contribution in [0.15, 0.2) is 230 Å². The highest BCUT2D eigenvalue weighted by Gasteiger charge is 2.55. The zero-order chi connectivity index (χ0) is 46.7. The third-order valence-electron chi connectivity index (χ3n) is 15.8. The van der Waals surface area contributed by atoms with E-state index in [0.717, 1.165) is 62.2 Å². The first-order chi connectivity index (χ1) is 34.5. The number of rotatable bonds is 7. The quantitative estimate of drug-likeness (QED) is 0.150. The summed E-state index contributed by atoms with van der Waals surface area (Å²) in [6, 6.07) is 77.5. The molecule has 2 aliphatic heterocycles. The number of hydrogen-bond acceptors (Lipinski definition) is 4. The average molecular weight is 899 g/mol. The molecule has 14 rings (SSSR count). The van der Waals surface area contributed by atoms with Gasteiger partial charge in [0.1, 0.15) is 11.5 Å². The molecule has 1 atom stereocenters. The predicted octanol–water partition coefficient (Wildman–Crippen LogP) is 14.6. The zero-order valence-electron chi connectivity index (χ0n) is 38.8. The van der Waals surface area contributed by atoms with Crippen molar-refractivity contribution in [2.75, 3.05) is 4.90 Å². The molecule has 0 spiro atoms. The van der Waals surface area contributed by atoms with Crippen LogP contribution in [0.4, 0.5) is 17.2 Å². The van der Waals surface area contributed by atoms with Crippen LogP contribution in [-0.4, -0.2) is 14.4 Å². The van der Waals surface area contributed by atoms with Crippen LogP contribution in [0.1, 0.15) is 81.0 Å². The summed E-state index contributed by atoms with van der Waals surface area (Å²) in [5, 5.41) is 3.46. The van der Waals surface area contributed by atoms with Crippen molar-refractivity contribution in [2.24, 2.45) is 0 Å². The first kappa shape index (κ1) is 40.4. The smallest absolute Gasteiger partial charge is 0.197 e. The summed E-state index contributed by atoms with van der Waals surface area (Å²) in [7, 11) is 0. The number of nitrogens with zero attached hydrogens (tertiary/aromatic N) is 4. The molecule has 2 aliphatic rings. The van der Waals surface area contributed by atoms with E-state index in [9.17, 15) is 4.79 Å². The highest BCUT2D eigenvalue weighted by Crippen LogP contribution is 2.65. The highest BCUT2D eigenvalue weighted by molar-refractivity contribution is 6.16. The van der Waals surface area contributed by atoms with Crippen LogP contribution in [0.5, 0.6) is 0 Å². The van der Waals surface area contributed by atoms with Crippen LogP contribution in [0.2, 0.25) is 0 Å². The molecule has 4 aromatic heterocycles. The van der Waals surface area contributed by atoms with Gasteiger partial charge in [0, 0.05) is 45.4 Å². The first-order valence-corrected chi connectivity index (χ1v) is 24.4. The second-order valence-corrected chi connectivity index (χ2v) is 19.1. The summed E-state index contributed by atoms with van der Waals surface area (Å²) in [4.78, 5) is 27.4. The summed E-state index contributed by atoms with van der Waals surface area (Å²) >= 11 is 0. The van der Waals surface area contributed by atoms with Gasteiger partial charge in [-0.3, -0.25) is 14.1 Å². The summed E-state index contributed by atoms with van der Waals surface area (Å²) in [5.74, 6) is 0.804. The molecular formula is C65H46N4O. The van der Waals surface area contributed by atoms with Gasteiger partial charge in [0.05, 0.1) is 33.2 Å². The molecule has 0 bridgehead atoms. The standard InChI is InChI=1S/C65H46N4O/c1-3-42-31-34-53-58(37-42)69-60-55(64(53,45-19-8-4-9-20-45)46-21-10-5-11-22-46)38-44(39-56(60)65(47-23-12-6-13-24-47,48-25-14-7-15-26-48)54-30-18-36-67-63(54)69)41(2)43-32-33-51-57(40-43)68-59-49(27-16-28-52(59)61(51)70)50-29-17-35-66-62(50)68/h4-41H,3H2,1-2H3. The maximum absolute atomic E-state index is 14.5. The van der Waals surface area contributed by atoms with E-state index in [0.29, 0.717) is 10.8 Å². The van der Waals surface area contributed by atoms with Crippen molar-refractivity contribution in [3.05, 3.63) is 296 Å². The summed E-state index contributed by atoms with van der Waals surface area (Å²) < 4.78 is 2.22. The van der Waals surface area contributed by atoms with Gasteiger partial charge >= 0.3 is 0 Å².